The summed E-state index contributed by atoms with van der Waals surface area (Å²) in [4.78, 5) is 24.6. The minimum atomic E-state index is -0.250. The van der Waals surface area contributed by atoms with Crippen LogP contribution in [0.1, 0.15) is 11.1 Å². The second kappa shape index (κ2) is 5.28. The largest absolute Gasteiger partial charge is 0.296 e. The van der Waals surface area contributed by atoms with Gasteiger partial charge in [0.25, 0.3) is 0 Å². The van der Waals surface area contributed by atoms with Crippen molar-refractivity contribution in [1.82, 2.24) is 5.32 Å². The third-order valence-electron chi connectivity index (χ3n) is 5.67. The van der Waals surface area contributed by atoms with Crippen LogP contribution in [0, 0.1) is 23.7 Å². The lowest BCUT2D eigenvalue weighted by Crippen LogP contribution is -2.26. The molecule has 2 aromatic rings. The van der Waals surface area contributed by atoms with E-state index in [1.54, 1.807) is 0 Å². The zero-order chi connectivity index (χ0) is 17.0. The van der Waals surface area contributed by atoms with E-state index in [9.17, 15) is 9.59 Å². The van der Waals surface area contributed by atoms with Crippen molar-refractivity contribution in [3.05, 3.63) is 89.5 Å². The number of hydrogen-bond acceptors (Lipinski definition) is 2. The van der Waals surface area contributed by atoms with Crippen molar-refractivity contribution in [2.75, 3.05) is 0 Å². The standard InChI is InChI=1S/C22H17NO2/c24-21-19-15-11-12-16(20(19)22(25)23-21)18(15)17(13-7-3-1-4-8-13)14-9-5-2-6-10-14/h1-12,15-16,19-20H,(H,23,24,25)/t15-,16-,19-,20+/m0/s1. The van der Waals surface area contributed by atoms with E-state index < -0.39 is 0 Å². The number of nitrogens with one attached hydrogen (secondary N) is 1. The van der Waals surface area contributed by atoms with Crippen LogP contribution in [0.4, 0.5) is 0 Å². The molecule has 5 rings (SSSR count). The molecule has 2 aromatic carbocycles. The maximum Gasteiger partial charge on any atom is 0.231 e. The van der Waals surface area contributed by atoms with Gasteiger partial charge in [-0.3, -0.25) is 14.9 Å². The lowest BCUT2D eigenvalue weighted by Gasteiger charge is -2.18. The van der Waals surface area contributed by atoms with Crippen molar-refractivity contribution in [1.29, 1.82) is 0 Å². The number of imide groups is 1. The normalized spacial score (nSPS) is 29.0. The van der Waals surface area contributed by atoms with Crippen LogP contribution in [0.2, 0.25) is 0 Å². The van der Waals surface area contributed by atoms with Gasteiger partial charge in [0.15, 0.2) is 0 Å². The van der Waals surface area contributed by atoms with E-state index >= 15 is 0 Å². The molecule has 4 atom stereocenters. The van der Waals surface area contributed by atoms with Crippen LogP contribution in [-0.2, 0) is 9.59 Å². The third-order valence-corrected chi connectivity index (χ3v) is 5.67. The Morgan fingerprint density at radius 2 is 1.12 bits per heavy atom. The molecule has 25 heavy (non-hydrogen) atoms. The summed E-state index contributed by atoms with van der Waals surface area (Å²) in [5.41, 5.74) is 4.65. The first kappa shape index (κ1) is 14.4. The minimum absolute atomic E-state index is 0.0110. The first-order valence-corrected chi connectivity index (χ1v) is 8.63. The van der Waals surface area contributed by atoms with Gasteiger partial charge in [0.1, 0.15) is 0 Å². The molecule has 2 fully saturated rings. The zero-order valence-electron chi connectivity index (χ0n) is 13.6. The van der Waals surface area contributed by atoms with Gasteiger partial charge >= 0.3 is 0 Å². The SMILES string of the molecule is O=C1NC(=O)[C@H]2[C@@H]1[C@H]1C=C[C@H]2C1=C(c1ccccc1)c1ccccc1. The van der Waals surface area contributed by atoms with E-state index in [1.807, 2.05) is 36.4 Å². The Kier molecular flexibility index (Phi) is 3.04. The zero-order valence-corrected chi connectivity index (χ0v) is 13.6. The van der Waals surface area contributed by atoms with Gasteiger partial charge in [0.2, 0.25) is 11.8 Å². The number of rotatable bonds is 2. The maximum absolute atomic E-state index is 12.3. The molecular weight excluding hydrogens is 310 g/mol. The molecule has 122 valence electrons. The summed E-state index contributed by atoms with van der Waals surface area (Å²) in [6.45, 7) is 0. The van der Waals surface area contributed by atoms with Crippen LogP contribution in [0.5, 0.6) is 0 Å². The Morgan fingerprint density at radius 1 is 0.680 bits per heavy atom. The van der Waals surface area contributed by atoms with Crippen molar-refractivity contribution in [2.24, 2.45) is 23.7 Å². The first-order valence-electron chi connectivity index (χ1n) is 8.63. The van der Waals surface area contributed by atoms with E-state index in [0.29, 0.717) is 0 Å². The molecule has 1 N–H and O–H groups in total. The van der Waals surface area contributed by atoms with Crippen LogP contribution in [-0.4, -0.2) is 11.8 Å². The Bertz CT molecular complexity index is 854. The number of benzene rings is 2. The number of hydrogen-bond donors (Lipinski definition) is 1. The molecule has 1 heterocycles. The second-order valence-corrected chi connectivity index (χ2v) is 6.90. The summed E-state index contributed by atoms with van der Waals surface area (Å²) in [5, 5.41) is 2.52. The minimum Gasteiger partial charge on any atom is -0.296 e. The second-order valence-electron chi connectivity index (χ2n) is 6.90. The fraction of sp³-hybridized carbons (Fsp3) is 0.182. The highest BCUT2D eigenvalue weighted by molar-refractivity contribution is 6.08. The van der Waals surface area contributed by atoms with E-state index in [0.717, 1.165) is 16.7 Å². The molecule has 3 nitrogen and oxygen atoms in total. The van der Waals surface area contributed by atoms with Crippen LogP contribution in [0.3, 0.4) is 0 Å². The molecular formula is C22H17NO2. The monoisotopic (exact) mass is 327 g/mol. The third kappa shape index (κ3) is 1.99. The predicted molar refractivity (Wildman–Crippen MR) is 95.2 cm³/mol. The van der Waals surface area contributed by atoms with Crippen molar-refractivity contribution in [3.8, 4) is 0 Å². The van der Waals surface area contributed by atoms with E-state index in [2.05, 4.69) is 41.7 Å². The number of carbonyl (C=O) groups is 2. The molecule has 1 saturated heterocycles. The van der Waals surface area contributed by atoms with Gasteiger partial charge < -0.3 is 0 Å². The summed E-state index contributed by atoms with van der Waals surface area (Å²) in [6.07, 6.45) is 4.23. The Hall–Kier alpha value is -2.94. The number of fused-ring (bicyclic) bond motifs is 5. The average Bonchev–Trinajstić information content (AvgIpc) is 3.29. The molecule has 2 aliphatic carbocycles. The highest BCUT2D eigenvalue weighted by atomic mass is 16.2. The van der Waals surface area contributed by atoms with Gasteiger partial charge in [-0.2, -0.15) is 0 Å². The predicted octanol–water partition coefficient (Wildman–Crippen LogP) is 3.19. The van der Waals surface area contributed by atoms with Gasteiger partial charge in [0.05, 0.1) is 11.8 Å². The fourth-order valence-corrected chi connectivity index (χ4v) is 4.73. The molecule has 2 bridgehead atoms. The summed E-state index contributed by atoms with van der Waals surface area (Å²) < 4.78 is 0. The molecule has 0 radical (unpaired) electrons. The smallest absolute Gasteiger partial charge is 0.231 e. The van der Waals surface area contributed by atoms with Gasteiger partial charge in [-0.25, -0.2) is 0 Å². The van der Waals surface area contributed by atoms with E-state index in [-0.39, 0.29) is 35.5 Å². The lowest BCUT2D eigenvalue weighted by atomic mass is 9.85. The van der Waals surface area contributed by atoms with Crippen molar-refractivity contribution < 1.29 is 9.59 Å². The van der Waals surface area contributed by atoms with E-state index in [1.165, 1.54) is 5.57 Å². The van der Waals surface area contributed by atoms with Crippen LogP contribution in [0.25, 0.3) is 5.57 Å². The van der Waals surface area contributed by atoms with Crippen molar-refractivity contribution in [2.45, 2.75) is 0 Å². The van der Waals surface area contributed by atoms with Crippen LogP contribution < -0.4 is 5.32 Å². The van der Waals surface area contributed by atoms with Gasteiger partial charge in [-0.1, -0.05) is 72.8 Å². The van der Waals surface area contributed by atoms with Crippen molar-refractivity contribution in [3.63, 3.8) is 0 Å². The summed E-state index contributed by atoms with van der Waals surface area (Å²) >= 11 is 0. The maximum atomic E-state index is 12.3. The average molecular weight is 327 g/mol. The molecule has 3 aliphatic rings. The highest BCUT2D eigenvalue weighted by Gasteiger charge is 2.59. The lowest BCUT2D eigenvalue weighted by molar-refractivity contribution is -0.126. The Labute approximate surface area is 146 Å². The summed E-state index contributed by atoms with van der Waals surface area (Å²) in [6, 6.07) is 20.5. The highest BCUT2D eigenvalue weighted by Crippen LogP contribution is 2.56. The molecule has 3 heteroatoms. The molecule has 2 amide bonds. The number of allylic oxidation sites excluding steroid dienone is 3. The molecule has 1 aliphatic heterocycles. The molecule has 0 spiro atoms. The Balaban J connectivity index is 1.75. The number of carbonyl (C=O) groups excluding carboxylic acids is 2. The van der Waals surface area contributed by atoms with Gasteiger partial charge in [-0.15, -0.1) is 0 Å². The van der Waals surface area contributed by atoms with Gasteiger partial charge in [0, 0.05) is 11.8 Å². The topological polar surface area (TPSA) is 46.2 Å². The molecule has 0 unspecified atom stereocenters. The summed E-state index contributed by atoms with van der Waals surface area (Å²) in [5.74, 6) is -0.719. The fourth-order valence-electron chi connectivity index (χ4n) is 4.73. The van der Waals surface area contributed by atoms with Crippen molar-refractivity contribution >= 4 is 17.4 Å². The van der Waals surface area contributed by atoms with E-state index in [4.69, 9.17) is 0 Å². The van der Waals surface area contributed by atoms with Gasteiger partial charge in [-0.05, 0) is 22.3 Å². The Morgan fingerprint density at radius 3 is 1.56 bits per heavy atom. The van der Waals surface area contributed by atoms with Crippen LogP contribution in [0.15, 0.2) is 78.4 Å². The summed E-state index contributed by atoms with van der Waals surface area (Å²) in [7, 11) is 0. The van der Waals surface area contributed by atoms with Crippen LogP contribution >= 0.6 is 0 Å². The number of amides is 2. The quantitative estimate of drug-likeness (QED) is 0.680. The first-order chi connectivity index (χ1) is 12.3. The molecule has 0 aromatic heterocycles. The molecule has 1 saturated carbocycles.